The number of Topliss-reactive ketones (excluding diaryl/α,β-unsaturated/α-hetero) is 1. The van der Waals surface area contributed by atoms with Gasteiger partial charge in [0.15, 0.2) is 0 Å². The second kappa shape index (κ2) is 3.34. The summed E-state index contributed by atoms with van der Waals surface area (Å²) in [7, 11) is 0. The molecule has 2 heterocycles. The van der Waals surface area contributed by atoms with Crippen LogP contribution in [0, 0.1) is 17.3 Å². The molecule has 0 aromatic carbocycles. The lowest BCUT2D eigenvalue weighted by Crippen LogP contribution is -2.52. The molecule has 0 aromatic rings. The Morgan fingerprint density at radius 1 is 1.40 bits per heavy atom. The van der Waals surface area contributed by atoms with Gasteiger partial charge >= 0.3 is 5.97 Å². The van der Waals surface area contributed by atoms with Crippen molar-refractivity contribution < 1.29 is 24.2 Å². The van der Waals surface area contributed by atoms with Crippen LogP contribution in [0.25, 0.3) is 0 Å². The smallest absolute Gasteiger partial charge is 0.334 e. The number of epoxide rings is 1. The predicted molar refractivity (Wildman–Crippen MR) is 67.6 cm³/mol. The molecule has 4 aliphatic rings. The van der Waals surface area contributed by atoms with Crippen molar-refractivity contribution in [2.75, 3.05) is 0 Å². The van der Waals surface area contributed by atoms with Gasteiger partial charge in [-0.1, -0.05) is 13.5 Å². The van der Waals surface area contributed by atoms with E-state index >= 15 is 0 Å². The molecule has 0 amide bonds. The van der Waals surface area contributed by atoms with E-state index in [2.05, 4.69) is 6.58 Å². The Labute approximate surface area is 116 Å². The number of aliphatic hydroxyl groups excluding tert-OH is 1. The molecule has 0 radical (unpaired) electrons. The Kier molecular flexibility index (Phi) is 2.09. The first-order chi connectivity index (χ1) is 9.34. The summed E-state index contributed by atoms with van der Waals surface area (Å²) in [5.74, 6) is -0.862. The monoisotopic (exact) mass is 278 g/mol. The van der Waals surface area contributed by atoms with Crippen molar-refractivity contribution in [2.24, 2.45) is 17.3 Å². The maximum atomic E-state index is 12.5. The molecule has 1 N–H and O–H groups in total. The van der Waals surface area contributed by atoms with Crippen LogP contribution in [0.15, 0.2) is 12.2 Å². The number of rotatable bonds is 0. The van der Waals surface area contributed by atoms with Crippen molar-refractivity contribution in [3.8, 4) is 0 Å². The lowest BCUT2D eigenvalue weighted by Gasteiger charge is -2.37. The maximum absolute atomic E-state index is 12.5. The second-order valence-corrected chi connectivity index (χ2v) is 6.81. The average molecular weight is 278 g/mol. The van der Waals surface area contributed by atoms with Crippen LogP contribution in [0.5, 0.6) is 0 Å². The standard InChI is InChI=1S/C15H18O5/c1-6-4-8-11(7(2)13(18)19-8)12(17)14(3)9(16)5-10-15(6,14)20-10/h6,8,10-12,17H,2,4-5H2,1,3H3/t6-,8-,10+,11-,12+,14+,15+/m1/s1. The van der Waals surface area contributed by atoms with Gasteiger partial charge in [-0.05, 0) is 19.3 Å². The van der Waals surface area contributed by atoms with Gasteiger partial charge < -0.3 is 14.6 Å². The van der Waals surface area contributed by atoms with Gasteiger partial charge in [0.05, 0.1) is 23.5 Å². The van der Waals surface area contributed by atoms with E-state index in [-0.39, 0.29) is 23.4 Å². The van der Waals surface area contributed by atoms with E-state index in [1.165, 1.54) is 0 Å². The molecule has 0 unspecified atom stereocenters. The van der Waals surface area contributed by atoms with Crippen LogP contribution in [0.3, 0.4) is 0 Å². The molecule has 5 heteroatoms. The molecule has 1 spiro atoms. The Hall–Kier alpha value is -1.20. The number of esters is 1. The SMILES string of the molecule is C=C1C(=O)O[C@@H]2C[C@@H](C)[C@]34O[C@H]3CC(=O)[C@@]4(C)[C@@H](O)[C@H]12. The summed E-state index contributed by atoms with van der Waals surface area (Å²) in [5, 5.41) is 10.9. The van der Waals surface area contributed by atoms with E-state index in [0.29, 0.717) is 12.8 Å². The Morgan fingerprint density at radius 2 is 2.10 bits per heavy atom. The van der Waals surface area contributed by atoms with Gasteiger partial charge in [0.1, 0.15) is 17.5 Å². The first kappa shape index (κ1) is 12.5. The van der Waals surface area contributed by atoms with Crippen LogP contribution in [-0.2, 0) is 19.1 Å². The van der Waals surface area contributed by atoms with Crippen LogP contribution in [0.2, 0.25) is 0 Å². The number of fused-ring (bicyclic) bond motifs is 1. The molecule has 0 aromatic heterocycles. The molecule has 108 valence electrons. The molecule has 4 rings (SSSR count). The lowest BCUT2D eigenvalue weighted by molar-refractivity contribution is -0.143. The zero-order valence-corrected chi connectivity index (χ0v) is 11.6. The molecular formula is C15H18O5. The topological polar surface area (TPSA) is 76.1 Å². The fraction of sp³-hybridized carbons (Fsp3) is 0.733. The summed E-state index contributed by atoms with van der Waals surface area (Å²) < 4.78 is 11.2. The first-order valence-corrected chi connectivity index (χ1v) is 7.13. The van der Waals surface area contributed by atoms with Gasteiger partial charge in [0.2, 0.25) is 0 Å². The fourth-order valence-corrected chi connectivity index (χ4v) is 4.91. The van der Waals surface area contributed by atoms with Gasteiger partial charge in [0, 0.05) is 12.0 Å². The van der Waals surface area contributed by atoms with Crippen LogP contribution in [0.4, 0.5) is 0 Å². The summed E-state index contributed by atoms with van der Waals surface area (Å²) in [4.78, 5) is 24.2. The summed E-state index contributed by atoms with van der Waals surface area (Å²) in [6, 6.07) is 0. The highest BCUT2D eigenvalue weighted by molar-refractivity contribution is 5.94. The fourth-order valence-electron chi connectivity index (χ4n) is 4.91. The summed E-state index contributed by atoms with van der Waals surface area (Å²) in [5.41, 5.74) is -1.27. The summed E-state index contributed by atoms with van der Waals surface area (Å²) in [6.45, 7) is 7.55. The third-order valence-electron chi connectivity index (χ3n) is 6.09. The van der Waals surface area contributed by atoms with Crippen molar-refractivity contribution in [3.05, 3.63) is 12.2 Å². The van der Waals surface area contributed by atoms with Crippen molar-refractivity contribution in [1.82, 2.24) is 0 Å². The van der Waals surface area contributed by atoms with Crippen molar-refractivity contribution in [1.29, 1.82) is 0 Å². The molecule has 5 nitrogen and oxygen atoms in total. The lowest BCUT2D eigenvalue weighted by atomic mass is 9.67. The molecular weight excluding hydrogens is 260 g/mol. The van der Waals surface area contributed by atoms with Gasteiger partial charge in [-0.2, -0.15) is 0 Å². The number of aliphatic hydroxyl groups is 1. The summed E-state index contributed by atoms with van der Waals surface area (Å²) >= 11 is 0. The van der Waals surface area contributed by atoms with E-state index in [1.54, 1.807) is 6.92 Å². The van der Waals surface area contributed by atoms with E-state index in [0.717, 1.165) is 0 Å². The zero-order chi connectivity index (χ0) is 14.4. The molecule has 2 saturated carbocycles. The van der Waals surface area contributed by atoms with Crippen LogP contribution < -0.4 is 0 Å². The summed E-state index contributed by atoms with van der Waals surface area (Å²) in [6.07, 6.45) is -0.499. The molecule has 2 aliphatic heterocycles. The van der Waals surface area contributed by atoms with E-state index in [9.17, 15) is 14.7 Å². The van der Waals surface area contributed by atoms with Crippen molar-refractivity contribution >= 4 is 11.8 Å². The highest BCUT2D eigenvalue weighted by Gasteiger charge is 2.81. The third-order valence-corrected chi connectivity index (χ3v) is 6.09. The zero-order valence-electron chi connectivity index (χ0n) is 11.6. The second-order valence-electron chi connectivity index (χ2n) is 6.81. The van der Waals surface area contributed by atoms with Gasteiger partial charge in [-0.15, -0.1) is 0 Å². The average Bonchev–Trinajstić information content (AvgIpc) is 2.99. The van der Waals surface area contributed by atoms with E-state index in [4.69, 9.17) is 9.47 Å². The minimum atomic E-state index is -0.976. The largest absolute Gasteiger partial charge is 0.458 e. The predicted octanol–water partition coefficient (Wildman–Crippen LogP) is 0.602. The van der Waals surface area contributed by atoms with Gasteiger partial charge in [-0.3, -0.25) is 4.79 Å². The third kappa shape index (κ3) is 1.06. The molecule has 4 fully saturated rings. The highest BCUT2D eigenvalue weighted by Crippen LogP contribution is 2.68. The number of ether oxygens (including phenoxy) is 2. The number of ketones is 1. The molecule has 7 atom stereocenters. The van der Waals surface area contributed by atoms with Crippen LogP contribution in [-0.4, -0.2) is 40.8 Å². The number of carbonyl (C=O) groups is 2. The quantitative estimate of drug-likeness (QED) is 0.399. The minimum Gasteiger partial charge on any atom is -0.458 e. The number of carbonyl (C=O) groups excluding carboxylic acids is 2. The minimum absolute atomic E-state index is 0.0286. The van der Waals surface area contributed by atoms with Gasteiger partial charge in [0.25, 0.3) is 0 Å². The molecule has 20 heavy (non-hydrogen) atoms. The van der Waals surface area contributed by atoms with E-state index < -0.39 is 35.1 Å². The van der Waals surface area contributed by atoms with Gasteiger partial charge in [-0.25, -0.2) is 4.79 Å². The Bertz CT molecular complexity index is 554. The van der Waals surface area contributed by atoms with Crippen molar-refractivity contribution in [2.45, 2.75) is 50.6 Å². The number of hydrogen-bond donors (Lipinski definition) is 1. The van der Waals surface area contributed by atoms with Crippen LogP contribution in [0.1, 0.15) is 26.7 Å². The molecule has 2 aliphatic carbocycles. The highest BCUT2D eigenvalue weighted by atomic mass is 16.6. The molecule has 2 saturated heterocycles. The van der Waals surface area contributed by atoms with E-state index in [1.807, 2.05) is 6.92 Å². The molecule has 0 bridgehead atoms. The van der Waals surface area contributed by atoms with Crippen LogP contribution >= 0.6 is 0 Å². The normalized spacial score (nSPS) is 56.8. The maximum Gasteiger partial charge on any atom is 0.334 e. The Balaban J connectivity index is 1.86. The van der Waals surface area contributed by atoms with Crippen molar-refractivity contribution in [3.63, 3.8) is 0 Å². The first-order valence-electron chi connectivity index (χ1n) is 7.13. The number of hydrogen-bond acceptors (Lipinski definition) is 5. The Morgan fingerprint density at radius 3 is 2.80 bits per heavy atom.